The number of rotatable bonds is 3. The molecule has 1 aliphatic rings. The van der Waals surface area contributed by atoms with Crippen LogP contribution >= 0.6 is 0 Å². The van der Waals surface area contributed by atoms with Crippen molar-refractivity contribution < 1.29 is 22.8 Å². The summed E-state index contributed by atoms with van der Waals surface area (Å²) in [6, 6.07) is -1.54. The highest BCUT2D eigenvalue weighted by Gasteiger charge is 2.39. The molecule has 1 rings (SSSR count). The molecule has 2 unspecified atom stereocenters. The van der Waals surface area contributed by atoms with Gasteiger partial charge < -0.3 is 10.2 Å². The Bertz CT molecular complexity index is 317. The van der Waals surface area contributed by atoms with Gasteiger partial charge in [0.25, 0.3) is 0 Å². The third-order valence-electron chi connectivity index (χ3n) is 2.71. The molecule has 1 N–H and O–H groups in total. The van der Waals surface area contributed by atoms with Crippen molar-refractivity contribution in [2.24, 2.45) is 0 Å². The molecule has 1 saturated heterocycles. The van der Waals surface area contributed by atoms with E-state index in [0.29, 0.717) is 6.42 Å². The number of carbonyl (C=O) groups excluding carboxylic acids is 2. The van der Waals surface area contributed by atoms with Crippen molar-refractivity contribution in [3.05, 3.63) is 0 Å². The Balaban J connectivity index is 2.76. The van der Waals surface area contributed by atoms with Crippen LogP contribution in [-0.4, -0.2) is 41.5 Å². The van der Waals surface area contributed by atoms with Crippen molar-refractivity contribution in [2.75, 3.05) is 6.54 Å². The van der Waals surface area contributed by atoms with E-state index < -0.39 is 37.1 Å². The van der Waals surface area contributed by atoms with Gasteiger partial charge in [-0.2, -0.15) is 13.2 Å². The molecular formula is C10H15F3N2O2. The summed E-state index contributed by atoms with van der Waals surface area (Å²) in [4.78, 5) is 24.3. The van der Waals surface area contributed by atoms with Crippen molar-refractivity contribution >= 4 is 11.8 Å². The normalized spacial score (nSPS) is 26.1. The third-order valence-corrected chi connectivity index (χ3v) is 2.71. The summed E-state index contributed by atoms with van der Waals surface area (Å²) >= 11 is 0. The molecule has 0 aliphatic carbocycles. The number of nitrogens with one attached hydrogen (secondary N) is 1. The highest BCUT2D eigenvalue weighted by molar-refractivity contribution is 5.96. The predicted octanol–water partition coefficient (Wildman–Crippen LogP) is 1.06. The molecule has 0 spiro atoms. The summed E-state index contributed by atoms with van der Waals surface area (Å²) in [5.74, 6) is -0.845. The SMILES string of the molecule is CCC1C(=O)NC(C)C(=O)N1CCC(F)(F)F. The van der Waals surface area contributed by atoms with Crippen LogP contribution in [0.5, 0.6) is 0 Å². The summed E-state index contributed by atoms with van der Waals surface area (Å²) in [7, 11) is 0. The molecular weight excluding hydrogens is 237 g/mol. The first kappa shape index (κ1) is 13.8. The Morgan fingerprint density at radius 3 is 2.41 bits per heavy atom. The van der Waals surface area contributed by atoms with Crippen LogP contribution in [-0.2, 0) is 9.59 Å². The first-order chi connectivity index (χ1) is 7.76. The molecule has 0 bridgehead atoms. The van der Waals surface area contributed by atoms with Crippen molar-refractivity contribution in [2.45, 2.75) is 44.9 Å². The molecule has 1 heterocycles. The summed E-state index contributed by atoms with van der Waals surface area (Å²) in [5.41, 5.74) is 0. The zero-order chi connectivity index (χ0) is 13.2. The Labute approximate surface area is 97.1 Å². The number of amides is 2. The fraction of sp³-hybridized carbons (Fsp3) is 0.800. The van der Waals surface area contributed by atoms with E-state index in [1.165, 1.54) is 6.92 Å². The molecule has 0 saturated carbocycles. The number of alkyl halides is 3. The second-order valence-corrected chi connectivity index (χ2v) is 4.05. The van der Waals surface area contributed by atoms with Crippen LogP contribution in [0.1, 0.15) is 26.7 Å². The Kier molecular flexibility index (Phi) is 4.00. The van der Waals surface area contributed by atoms with Crippen LogP contribution in [0.15, 0.2) is 0 Å². The Morgan fingerprint density at radius 1 is 1.35 bits per heavy atom. The van der Waals surface area contributed by atoms with Gasteiger partial charge in [0, 0.05) is 6.54 Å². The lowest BCUT2D eigenvalue weighted by Gasteiger charge is -2.37. The van der Waals surface area contributed by atoms with Crippen molar-refractivity contribution in [1.29, 1.82) is 0 Å². The highest BCUT2D eigenvalue weighted by atomic mass is 19.4. The highest BCUT2D eigenvalue weighted by Crippen LogP contribution is 2.22. The van der Waals surface area contributed by atoms with E-state index >= 15 is 0 Å². The van der Waals surface area contributed by atoms with Gasteiger partial charge in [-0.05, 0) is 13.3 Å². The van der Waals surface area contributed by atoms with Gasteiger partial charge in [0.15, 0.2) is 0 Å². The number of hydrogen-bond acceptors (Lipinski definition) is 2. The maximum absolute atomic E-state index is 12.1. The molecule has 17 heavy (non-hydrogen) atoms. The van der Waals surface area contributed by atoms with E-state index in [4.69, 9.17) is 0 Å². The number of hydrogen-bond donors (Lipinski definition) is 1. The minimum absolute atomic E-state index is 0.308. The smallest absolute Gasteiger partial charge is 0.343 e. The second kappa shape index (κ2) is 4.93. The molecule has 0 aromatic heterocycles. The maximum atomic E-state index is 12.1. The quantitative estimate of drug-likeness (QED) is 0.816. The van der Waals surface area contributed by atoms with E-state index in [1.54, 1.807) is 6.92 Å². The van der Waals surface area contributed by atoms with E-state index in [1.807, 2.05) is 0 Å². The summed E-state index contributed by atoms with van der Waals surface area (Å²) in [6.07, 6.45) is -5.10. The Morgan fingerprint density at radius 2 is 1.94 bits per heavy atom. The molecule has 2 amide bonds. The van der Waals surface area contributed by atoms with Gasteiger partial charge in [-0.3, -0.25) is 9.59 Å². The average Bonchev–Trinajstić information content (AvgIpc) is 2.19. The molecule has 4 nitrogen and oxygen atoms in total. The van der Waals surface area contributed by atoms with Crippen LogP contribution in [0, 0.1) is 0 Å². The standard InChI is InChI=1S/C10H15F3N2O2/c1-3-7-8(16)14-6(2)9(17)15(7)5-4-10(11,12)13/h6-7H,3-5H2,1-2H3,(H,14,16). The Hall–Kier alpha value is -1.27. The van der Waals surface area contributed by atoms with E-state index in [2.05, 4.69) is 5.32 Å². The minimum Gasteiger partial charge on any atom is -0.343 e. The molecule has 98 valence electrons. The van der Waals surface area contributed by atoms with Crippen molar-refractivity contribution in [1.82, 2.24) is 10.2 Å². The van der Waals surface area contributed by atoms with Crippen molar-refractivity contribution in [3.8, 4) is 0 Å². The second-order valence-electron chi connectivity index (χ2n) is 4.05. The zero-order valence-corrected chi connectivity index (χ0v) is 9.67. The van der Waals surface area contributed by atoms with E-state index in [-0.39, 0.29) is 5.91 Å². The van der Waals surface area contributed by atoms with Crippen LogP contribution in [0.25, 0.3) is 0 Å². The number of carbonyl (C=O) groups is 2. The minimum atomic E-state index is -4.32. The molecule has 0 aromatic rings. The summed E-state index contributed by atoms with van der Waals surface area (Å²) in [5, 5.41) is 2.45. The van der Waals surface area contributed by atoms with Gasteiger partial charge in [0.2, 0.25) is 11.8 Å². The van der Waals surface area contributed by atoms with Crippen LogP contribution in [0.2, 0.25) is 0 Å². The average molecular weight is 252 g/mol. The fourth-order valence-electron chi connectivity index (χ4n) is 1.83. The lowest BCUT2D eigenvalue weighted by molar-refractivity contribution is -0.157. The van der Waals surface area contributed by atoms with Gasteiger partial charge in [-0.1, -0.05) is 6.92 Å². The summed E-state index contributed by atoms with van der Waals surface area (Å²) in [6.45, 7) is 2.67. The fourth-order valence-corrected chi connectivity index (χ4v) is 1.83. The van der Waals surface area contributed by atoms with Gasteiger partial charge in [0.1, 0.15) is 12.1 Å². The van der Waals surface area contributed by atoms with E-state index in [0.717, 1.165) is 4.90 Å². The molecule has 0 aromatic carbocycles. The first-order valence-electron chi connectivity index (χ1n) is 5.44. The predicted molar refractivity (Wildman–Crippen MR) is 54.1 cm³/mol. The van der Waals surface area contributed by atoms with Gasteiger partial charge in [-0.15, -0.1) is 0 Å². The number of nitrogens with zero attached hydrogens (tertiary/aromatic N) is 1. The lowest BCUT2D eigenvalue weighted by atomic mass is 10.1. The molecule has 1 aliphatic heterocycles. The topological polar surface area (TPSA) is 49.4 Å². The molecule has 0 radical (unpaired) electrons. The van der Waals surface area contributed by atoms with Crippen LogP contribution < -0.4 is 5.32 Å². The van der Waals surface area contributed by atoms with Gasteiger partial charge >= 0.3 is 6.18 Å². The van der Waals surface area contributed by atoms with E-state index in [9.17, 15) is 22.8 Å². The number of halogens is 3. The van der Waals surface area contributed by atoms with Crippen LogP contribution in [0.3, 0.4) is 0 Å². The van der Waals surface area contributed by atoms with Crippen LogP contribution in [0.4, 0.5) is 13.2 Å². The lowest BCUT2D eigenvalue weighted by Crippen LogP contribution is -2.62. The van der Waals surface area contributed by atoms with Crippen molar-refractivity contribution in [3.63, 3.8) is 0 Å². The molecule has 1 fully saturated rings. The first-order valence-corrected chi connectivity index (χ1v) is 5.44. The van der Waals surface area contributed by atoms with Gasteiger partial charge in [-0.25, -0.2) is 0 Å². The monoisotopic (exact) mass is 252 g/mol. The molecule has 2 atom stereocenters. The molecule has 7 heteroatoms. The third kappa shape index (κ3) is 3.34. The summed E-state index contributed by atoms with van der Waals surface area (Å²) < 4.78 is 36.4. The zero-order valence-electron chi connectivity index (χ0n) is 9.67. The van der Waals surface area contributed by atoms with Gasteiger partial charge in [0.05, 0.1) is 6.42 Å². The number of piperazine rings is 1. The maximum Gasteiger partial charge on any atom is 0.390 e. The largest absolute Gasteiger partial charge is 0.390 e.